The molecule has 2 heterocycles. The first-order valence-corrected chi connectivity index (χ1v) is 7.39. The minimum Gasteiger partial charge on any atom is -0.501 e. The van der Waals surface area contributed by atoms with Crippen molar-refractivity contribution in [3.05, 3.63) is 28.2 Å². The molecular weight excluding hydrogens is 246 g/mol. The number of hydrogen-bond acceptors (Lipinski definition) is 4. The first-order chi connectivity index (χ1) is 8.85. The maximum absolute atomic E-state index is 5.47. The number of thiophene rings is 1. The lowest BCUT2D eigenvalue weighted by molar-refractivity contribution is 0.219. The van der Waals surface area contributed by atoms with Gasteiger partial charge in [0.25, 0.3) is 0 Å². The Kier molecular flexibility index (Phi) is 5.08. The highest BCUT2D eigenvalue weighted by atomic mass is 32.1. The number of hydrogen-bond donors (Lipinski definition) is 1. The Balaban J connectivity index is 2.15. The molecule has 0 spiro atoms. The summed E-state index contributed by atoms with van der Waals surface area (Å²) >= 11 is 1.74. The van der Waals surface area contributed by atoms with Crippen LogP contribution in [0.15, 0.2) is 23.3 Å². The molecule has 0 saturated heterocycles. The van der Waals surface area contributed by atoms with Gasteiger partial charge in [0.15, 0.2) is 0 Å². The fraction of sp³-hybridized carbons (Fsp3) is 0.571. The summed E-state index contributed by atoms with van der Waals surface area (Å²) in [7, 11) is 1.71. The summed E-state index contributed by atoms with van der Waals surface area (Å²) in [6.07, 6.45) is 5.29. The van der Waals surface area contributed by atoms with Gasteiger partial charge < -0.3 is 14.8 Å². The zero-order chi connectivity index (χ0) is 12.8. The molecule has 1 N–H and O–H groups in total. The van der Waals surface area contributed by atoms with Crippen molar-refractivity contribution >= 4 is 11.3 Å². The average molecular weight is 267 g/mol. The highest BCUT2D eigenvalue weighted by Crippen LogP contribution is 2.33. The van der Waals surface area contributed by atoms with E-state index < -0.39 is 0 Å². The Morgan fingerprint density at radius 1 is 1.56 bits per heavy atom. The van der Waals surface area contributed by atoms with E-state index in [-0.39, 0.29) is 6.04 Å². The molecule has 18 heavy (non-hydrogen) atoms. The van der Waals surface area contributed by atoms with Gasteiger partial charge in [0, 0.05) is 10.3 Å². The van der Waals surface area contributed by atoms with Crippen LogP contribution in [0.3, 0.4) is 0 Å². The first-order valence-electron chi connectivity index (χ1n) is 6.51. The minimum absolute atomic E-state index is 0.277. The summed E-state index contributed by atoms with van der Waals surface area (Å²) in [4.78, 5) is 1.30. The van der Waals surface area contributed by atoms with Gasteiger partial charge in [0.1, 0.15) is 5.75 Å². The summed E-state index contributed by atoms with van der Waals surface area (Å²) in [5.41, 5.74) is 1.35. The summed E-state index contributed by atoms with van der Waals surface area (Å²) in [5, 5.41) is 5.66. The summed E-state index contributed by atoms with van der Waals surface area (Å²) in [6, 6.07) is 2.40. The molecule has 2 rings (SSSR count). The quantitative estimate of drug-likeness (QED) is 0.856. The van der Waals surface area contributed by atoms with Crippen molar-refractivity contribution in [2.24, 2.45) is 0 Å². The fourth-order valence-electron chi connectivity index (χ4n) is 2.09. The molecule has 0 amide bonds. The van der Waals surface area contributed by atoms with E-state index in [1.807, 2.05) is 6.26 Å². The van der Waals surface area contributed by atoms with Crippen molar-refractivity contribution in [2.75, 3.05) is 20.3 Å². The molecule has 1 atom stereocenters. The molecule has 4 heteroatoms. The van der Waals surface area contributed by atoms with Crippen molar-refractivity contribution in [3.63, 3.8) is 0 Å². The van der Waals surface area contributed by atoms with Crippen LogP contribution in [0.5, 0.6) is 5.75 Å². The standard InChI is InChI=1S/C14H21NO2S/c1-3-6-15-14(11-5-4-7-17-9-11)13-8-12(16-2)10-18-13/h8-10,14-15H,3-7H2,1-2H3. The van der Waals surface area contributed by atoms with Crippen LogP contribution < -0.4 is 10.1 Å². The monoisotopic (exact) mass is 267 g/mol. The van der Waals surface area contributed by atoms with Gasteiger partial charge in [-0.05, 0) is 37.4 Å². The van der Waals surface area contributed by atoms with E-state index in [9.17, 15) is 0 Å². The Bertz CT molecular complexity index is 400. The second kappa shape index (κ2) is 6.81. The van der Waals surface area contributed by atoms with Gasteiger partial charge in [0.05, 0.1) is 26.0 Å². The zero-order valence-electron chi connectivity index (χ0n) is 11.1. The van der Waals surface area contributed by atoms with E-state index in [1.165, 1.54) is 10.5 Å². The summed E-state index contributed by atoms with van der Waals surface area (Å²) in [6.45, 7) is 4.05. The van der Waals surface area contributed by atoms with Crippen molar-refractivity contribution in [1.29, 1.82) is 0 Å². The van der Waals surface area contributed by atoms with E-state index in [2.05, 4.69) is 23.7 Å². The maximum Gasteiger partial charge on any atom is 0.129 e. The van der Waals surface area contributed by atoms with E-state index >= 15 is 0 Å². The smallest absolute Gasteiger partial charge is 0.129 e. The highest BCUT2D eigenvalue weighted by molar-refractivity contribution is 7.10. The summed E-state index contributed by atoms with van der Waals surface area (Å²) in [5.74, 6) is 0.940. The molecule has 1 aromatic rings. The van der Waals surface area contributed by atoms with Gasteiger partial charge >= 0.3 is 0 Å². The Morgan fingerprint density at radius 2 is 2.44 bits per heavy atom. The first kappa shape index (κ1) is 13.4. The Labute approximate surface area is 113 Å². The third kappa shape index (κ3) is 3.27. The van der Waals surface area contributed by atoms with Gasteiger partial charge in [0.2, 0.25) is 0 Å². The molecule has 1 aromatic heterocycles. The van der Waals surface area contributed by atoms with Gasteiger partial charge in [-0.25, -0.2) is 0 Å². The van der Waals surface area contributed by atoms with E-state index in [4.69, 9.17) is 9.47 Å². The van der Waals surface area contributed by atoms with Crippen LogP contribution in [0.2, 0.25) is 0 Å². The Hall–Kier alpha value is -1.00. The molecule has 1 aliphatic rings. The maximum atomic E-state index is 5.47. The minimum atomic E-state index is 0.277. The number of methoxy groups -OCH3 is 1. The summed E-state index contributed by atoms with van der Waals surface area (Å²) < 4.78 is 10.7. The van der Waals surface area contributed by atoms with Gasteiger partial charge in [-0.15, -0.1) is 11.3 Å². The average Bonchev–Trinajstić information content (AvgIpc) is 2.89. The number of ether oxygens (including phenoxy) is 2. The van der Waals surface area contributed by atoms with E-state index in [0.717, 1.165) is 38.2 Å². The number of nitrogens with one attached hydrogen (secondary N) is 1. The topological polar surface area (TPSA) is 30.5 Å². The highest BCUT2D eigenvalue weighted by Gasteiger charge is 2.20. The zero-order valence-corrected chi connectivity index (χ0v) is 11.9. The second-order valence-corrected chi connectivity index (χ2v) is 5.39. The van der Waals surface area contributed by atoms with Crippen LogP contribution in [0.4, 0.5) is 0 Å². The van der Waals surface area contributed by atoms with E-state index in [1.54, 1.807) is 18.4 Å². The second-order valence-electron chi connectivity index (χ2n) is 4.44. The molecule has 0 aromatic carbocycles. The molecule has 1 unspecified atom stereocenters. The van der Waals surface area contributed by atoms with Crippen molar-refractivity contribution in [1.82, 2.24) is 5.32 Å². The molecular formula is C14H21NO2S. The van der Waals surface area contributed by atoms with Crippen LogP contribution in [0, 0.1) is 0 Å². The molecule has 3 nitrogen and oxygen atoms in total. The van der Waals surface area contributed by atoms with E-state index in [0.29, 0.717) is 0 Å². The van der Waals surface area contributed by atoms with Gasteiger partial charge in [-0.3, -0.25) is 0 Å². The number of rotatable bonds is 6. The normalized spacial score (nSPS) is 16.9. The van der Waals surface area contributed by atoms with Gasteiger partial charge in [-0.2, -0.15) is 0 Å². The SMILES string of the molecule is CCCNC(C1=COCCC1)c1cc(OC)cs1. The third-order valence-corrected chi connectivity index (χ3v) is 4.02. The van der Waals surface area contributed by atoms with Crippen molar-refractivity contribution < 1.29 is 9.47 Å². The van der Waals surface area contributed by atoms with Crippen LogP contribution >= 0.6 is 11.3 Å². The molecule has 0 aliphatic carbocycles. The Morgan fingerprint density at radius 3 is 3.06 bits per heavy atom. The fourth-order valence-corrected chi connectivity index (χ4v) is 3.06. The van der Waals surface area contributed by atoms with Crippen molar-refractivity contribution in [2.45, 2.75) is 32.2 Å². The lowest BCUT2D eigenvalue weighted by Gasteiger charge is -2.23. The molecule has 0 fully saturated rings. The molecule has 0 saturated carbocycles. The molecule has 1 aliphatic heterocycles. The van der Waals surface area contributed by atoms with Crippen LogP contribution in [0.1, 0.15) is 37.1 Å². The lowest BCUT2D eigenvalue weighted by atomic mass is 10.0. The largest absolute Gasteiger partial charge is 0.501 e. The molecule has 100 valence electrons. The lowest BCUT2D eigenvalue weighted by Crippen LogP contribution is -2.24. The van der Waals surface area contributed by atoms with Crippen LogP contribution in [0.25, 0.3) is 0 Å². The third-order valence-electron chi connectivity index (χ3n) is 3.05. The molecule has 0 radical (unpaired) electrons. The van der Waals surface area contributed by atoms with Crippen LogP contribution in [-0.4, -0.2) is 20.3 Å². The molecule has 0 bridgehead atoms. The predicted octanol–water partition coefficient (Wildman–Crippen LogP) is 3.49. The van der Waals surface area contributed by atoms with Crippen LogP contribution in [-0.2, 0) is 4.74 Å². The predicted molar refractivity (Wildman–Crippen MR) is 75.2 cm³/mol. The van der Waals surface area contributed by atoms with Gasteiger partial charge in [-0.1, -0.05) is 6.92 Å². The van der Waals surface area contributed by atoms with Crippen molar-refractivity contribution in [3.8, 4) is 5.75 Å².